The summed E-state index contributed by atoms with van der Waals surface area (Å²) < 4.78 is 102. The molecule has 1 saturated carbocycles. The van der Waals surface area contributed by atoms with Crippen LogP contribution in [0, 0.1) is 11.8 Å². The Hall–Kier alpha value is -1.56. The summed E-state index contributed by atoms with van der Waals surface area (Å²) in [6.07, 6.45) is -3.97. The van der Waals surface area contributed by atoms with Crippen molar-refractivity contribution in [2.24, 2.45) is 11.8 Å². The molecule has 1 aliphatic heterocycles. The summed E-state index contributed by atoms with van der Waals surface area (Å²) >= 11 is 0. The van der Waals surface area contributed by atoms with Crippen molar-refractivity contribution in [1.29, 1.82) is 0 Å². The molecule has 0 N–H and O–H groups in total. The number of alkyl halides is 6. The molecule has 1 aromatic rings. The lowest BCUT2D eigenvalue weighted by molar-refractivity contribution is -0.137. The summed E-state index contributed by atoms with van der Waals surface area (Å²) in [4.78, 5) is 5.41. The highest BCUT2D eigenvalue weighted by molar-refractivity contribution is 7.87. The quantitative estimate of drug-likeness (QED) is 0.440. The van der Waals surface area contributed by atoms with Crippen LogP contribution in [0.5, 0.6) is 0 Å². The molecule has 146 valence electrons. The highest BCUT2D eigenvalue weighted by Crippen LogP contribution is 2.42. The molecular weight excluding hydrogens is 390 g/mol. The van der Waals surface area contributed by atoms with Gasteiger partial charge in [-0.2, -0.15) is 34.8 Å². The van der Waals surface area contributed by atoms with E-state index in [0.717, 1.165) is 6.07 Å². The van der Waals surface area contributed by atoms with Crippen LogP contribution in [-0.2, 0) is 20.5 Å². The van der Waals surface area contributed by atoms with Crippen LogP contribution in [0.1, 0.15) is 18.4 Å². The third kappa shape index (κ3) is 3.61. The number of halogens is 6. The zero-order valence-corrected chi connectivity index (χ0v) is 13.9. The van der Waals surface area contributed by atoms with Gasteiger partial charge >= 0.3 is 21.8 Å². The van der Waals surface area contributed by atoms with Gasteiger partial charge in [-0.05, 0) is 25.0 Å². The fourth-order valence-corrected chi connectivity index (χ4v) is 4.17. The number of aromatic nitrogens is 1. The summed E-state index contributed by atoms with van der Waals surface area (Å²) in [6, 6.07) is 2.07. The van der Waals surface area contributed by atoms with Crippen molar-refractivity contribution in [3.8, 4) is 0 Å². The number of pyridine rings is 1. The average Bonchev–Trinajstić information content (AvgIpc) is 2.75. The molecule has 2 heterocycles. The minimum absolute atomic E-state index is 0.160. The van der Waals surface area contributed by atoms with Crippen LogP contribution >= 0.6 is 0 Å². The number of hydrogen-bond acceptors (Lipinski definition) is 5. The second-order valence-electron chi connectivity index (χ2n) is 6.37. The van der Waals surface area contributed by atoms with E-state index in [-0.39, 0.29) is 18.9 Å². The van der Waals surface area contributed by atoms with Gasteiger partial charge in [0.15, 0.2) is 0 Å². The first kappa shape index (κ1) is 19.2. The Balaban J connectivity index is 1.72. The SMILES string of the molecule is O=S(=O)(OC1C2CCC1CN(c1ccc(C(F)(F)F)cn1)C2)C(F)(F)F. The largest absolute Gasteiger partial charge is 0.523 e. The van der Waals surface area contributed by atoms with Gasteiger partial charge < -0.3 is 4.90 Å². The van der Waals surface area contributed by atoms with E-state index >= 15 is 0 Å². The number of piperidine rings is 1. The minimum Gasteiger partial charge on any atom is -0.356 e. The van der Waals surface area contributed by atoms with E-state index < -0.39 is 45.3 Å². The van der Waals surface area contributed by atoms with Crippen molar-refractivity contribution in [2.45, 2.75) is 30.6 Å². The molecule has 26 heavy (non-hydrogen) atoms. The summed E-state index contributed by atoms with van der Waals surface area (Å²) in [5.41, 5.74) is -6.39. The van der Waals surface area contributed by atoms with Crippen LogP contribution in [0.2, 0.25) is 0 Å². The fourth-order valence-electron chi connectivity index (χ4n) is 3.46. The van der Waals surface area contributed by atoms with Crippen molar-refractivity contribution in [1.82, 2.24) is 4.98 Å². The minimum atomic E-state index is -5.69. The predicted octanol–water partition coefficient (Wildman–Crippen LogP) is 3.18. The van der Waals surface area contributed by atoms with E-state index in [1.165, 1.54) is 6.07 Å². The Bertz CT molecular complexity index is 748. The number of fused-ring (bicyclic) bond motifs is 2. The summed E-state index contributed by atoms with van der Waals surface area (Å²) in [5, 5.41) is 0. The molecule has 12 heteroatoms. The van der Waals surface area contributed by atoms with E-state index in [0.29, 0.717) is 19.0 Å². The Morgan fingerprint density at radius 3 is 2.04 bits per heavy atom. The van der Waals surface area contributed by atoms with Gasteiger partial charge in [-0.1, -0.05) is 0 Å². The normalized spacial score (nSPS) is 27.0. The topological polar surface area (TPSA) is 59.5 Å². The first-order chi connectivity index (χ1) is 11.9. The van der Waals surface area contributed by atoms with Crippen molar-refractivity contribution in [2.75, 3.05) is 18.0 Å². The zero-order valence-electron chi connectivity index (χ0n) is 13.1. The molecule has 1 aromatic heterocycles. The van der Waals surface area contributed by atoms with Crippen LogP contribution in [0.4, 0.5) is 32.2 Å². The molecule has 1 aliphatic carbocycles. The van der Waals surface area contributed by atoms with E-state index in [1.807, 2.05) is 0 Å². The Kier molecular flexibility index (Phi) is 4.62. The van der Waals surface area contributed by atoms with Gasteiger partial charge in [0.05, 0.1) is 11.7 Å². The molecule has 0 aromatic carbocycles. The Morgan fingerprint density at radius 1 is 1.04 bits per heavy atom. The molecular formula is C14H14F6N2O3S. The molecule has 0 spiro atoms. The van der Waals surface area contributed by atoms with Gasteiger partial charge in [-0.25, -0.2) is 4.98 Å². The molecule has 2 fully saturated rings. The maximum absolute atomic E-state index is 12.6. The molecule has 2 aliphatic rings. The first-order valence-corrected chi connectivity index (χ1v) is 9.07. The second-order valence-corrected chi connectivity index (χ2v) is 7.93. The monoisotopic (exact) mass is 404 g/mol. The third-order valence-corrected chi connectivity index (χ3v) is 5.71. The molecule has 0 radical (unpaired) electrons. The lowest BCUT2D eigenvalue weighted by Gasteiger charge is -2.38. The van der Waals surface area contributed by atoms with Gasteiger partial charge in [0.25, 0.3) is 0 Å². The first-order valence-electron chi connectivity index (χ1n) is 7.66. The summed E-state index contributed by atoms with van der Waals surface area (Å²) in [6.45, 7) is 0.319. The van der Waals surface area contributed by atoms with Crippen LogP contribution in [0.3, 0.4) is 0 Å². The number of hydrogen-bond donors (Lipinski definition) is 0. The molecule has 0 amide bonds. The third-order valence-electron chi connectivity index (χ3n) is 4.67. The van der Waals surface area contributed by atoms with Gasteiger partial charge in [-0.3, -0.25) is 4.18 Å². The van der Waals surface area contributed by atoms with Crippen LogP contribution in [0.15, 0.2) is 18.3 Å². The number of rotatable bonds is 3. The van der Waals surface area contributed by atoms with Crippen molar-refractivity contribution >= 4 is 15.9 Å². The van der Waals surface area contributed by atoms with Crippen LogP contribution < -0.4 is 4.90 Å². The van der Waals surface area contributed by atoms with E-state index in [9.17, 15) is 34.8 Å². The average molecular weight is 404 g/mol. The van der Waals surface area contributed by atoms with Crippen molar-refractivity contribution in [3.05, 3.63) is 23.9 Å². The second kappa shape index (κ2) is 6.25. The van der Waals surface area contributed by atoms with Gasteiger partial charge in [0.2, 0.25) is 0 Å². The maximum atomic E-state index is 12.6. The van der Waals surface area contributed by atoms with Crippen molar-refractivity contribution in [3.63, 3.8) is 0 Å². The molecule has 2 bridgehead atoms. The van der Waals surface area contributed by atoms with Gasteiger partial charge in [-0.15, -0.1) is 0 Å². The highest BCUT2D eigenvalue weighted by Gasteiger charge is 2.53. The number of anilines is 1. The molecule has 5 nitrogen and oxygen atoms in total. The number of nitrogens with zero attached hydrogens (tertiary/aromatic N) is 2. The smallest absolute Gasteiger partial charge is 0.356 e. The summed E-state index contributed by atoms with van der Waals surface area (Å²) in [7, 11) is -5.69. The summed E-state index contributed by atoms with van der Waals surface area (Å²) in [5.74, 6) is -0.697. The highest BCUT2D eigenvalue weighted by atomic mass is 32.2. The molecule has 3 rings (SSSR count). The standard InChI is InChI=1S/C14H14F6N2O3S/c15-13(16,17)10-3-4-11(21-5-10)22-6-8-1-2-9(7-22)12(8)25-26(23,24)14(18,19)20/h3-5,8-9,12H,1-2,6-7H2. The maximum Gasteiger partial charge on any atom is 0.523 e. The predicted molar refractivity (Wildman–Crippen MR) is 77.5 cm³/mol. The van der Waals surface area contributed by atoms with Gasteiger partial charge in [0.1, 0.15) is 5.82 Å². The van der Waals surface area contributed by atoms with Gasteiger partial charge in [0, 0.05) is 31.1 Å². The van der Waals surface area contributed by atoms with Crippen LogP contribution in [-0.4, -0.2) is 38.1 Å². The fraction of sp³-hybridized carbons (Fsp3) is 0.643. The van der Waals surface area contributed by atoms with E-state index in [4.69, 9.17) is 0 Å². The van der Waals surface area contributed by atoms with Crippen LogP contribution in [0.25, 0.3) is 0 Å². The Morgan fingerprint density at radius 2 is 1.62 bits per heavy atom. The zero-order chi connectivity index (χ0) is 19.3. The Labute approximate surface area is 145 Å². The molecule has 1 saturated heterocycles. The lowest BCUT2D eigenvalue weighted by Crippen LogP contribution is -2.48. The van der Waals surface area contributed by atoms with E-state index in [2.05, 4.69) is 9.17 Å². The lowest BCUT2D eigenvalue weighted by atomic mass is 9.95. The van der Waals surface area contributed by atoms with E-state index in [1.54, 1.807) is 4.90 Å². The molecule has 2 atom stereocenters. The molecule has 2 unspecified atom stereocenters. The van der Waals surface area contributed by atoms with Crippen molar-refractivity contribution < 1.29 is 38.9 Å².